The third-order valence-electron chi connectivity index (χ3n) is 5.88. The van der Waals surface area contributed by atoms with Gasteiger partial charge >= 0.3 is 0 Å². The number of nitrogens with one attached hydrogen (secondary N) is 1. The van der Waals surface area contributed by atoms with Crippen molar-refractivity contribution in [2.24, 2.45) is 11.1 Å². The Morgan fingerprint density at radius 1 is 1.28 bits per heavy atom. The fourth-order valence-electron chi connectivity index (χ4n) is 3.80. The van der Waals surface area contributed by atoms with Gasteiger partial charge in [0.2, 0.25) is 15.9 Å². The summed E-state index contributed by atoms with van der Waals surface area (Å²) in [6.45, 7) is 9.25. The summed E-state index contributed by atoms with van der Waals surface area (Å²) in [6, 6.07) is -0.0251. The second-order valence-corrected chi connectivity index (χ2v) is 9.89. The van der Waals surface area contributed by atoms with Crippen molar-refractivity contribution in [3.63, 3.8) is 0 Å². The summed E-state index contributed by atoms with van der Waals surface area (Å²) in [6.07, 6.45) is 2.38. The van der Waals surface area contributed by atoms with Crippen LogP contribution in [0, 0.1) is 5.41 Å². The zero-order valence-electron chi connectivity index (χ0n) is 15.9. The predicted octanol–water partition coefficient (Wildman–Crippen LogP) is 0.839. The fourth-order valence-corrected chi connectivity index (χ4v) is 5.34. The van der Waals surface area contributed by atoms with Gasteiger partial charge in [-0.3, -0.25) is 4.79 Å². The Hall–Kier alpha value is -0.700. The van der Waals surface area contributed by atoms with E-state index >= 15 is 0 Å². The van der Waals surface area contributed by atoms with Crippen LogP contribution in [0.2, 0.25) is 0 Å². The van der Waals surface area contributed by atoms with Crippen molar-refractivity contribution < 1.29 is 17.9 Å². The minimum atomic E-state index is -3.16. The molecule has 0 bridgehead atoms. The van der Waals surface area contributed by atoms with Crippen LogP contribution in [0.4, 0.5) is 0 Å². The number of hydrogen-bond acceptors (Lipinski definition) is 5. The molecule has 2 rings (SSSR count). The molecule has 0 aromatic heterocycles. The van der Waals surface area contributed by atoms with Crippen LogP contribution in [0.5, 0.6) is 0 Å². The summed E-state index contributed by atoms with van der Waals surface area (Å²) in [4.78, 5) is 12.7. The molecule has 2 fully saturated rings. The molecule has 1 aliphatic carbocycles. The molecule has 8 heteroatoms. The van der Waals surface area contributed by atoms with Gasteiger partial charge in [-0.1, -0.05) is 20.8 Å². The smallest absolute Gasteiger partial charge is 0.241 e. The van der Waals surface area contributed by atoms with Crippen molar-refractivity contribution in [1.29, 1.82) is 0 Å². The van der Waals surface area contributed by atoms with Crippen molar-refractivity contribution in [3.8, 4) is 0 Å². The van der Waals surface area contributed by atoms with Crippen LogP contribution in [0.25, 0.3) is 0 Å². The quantitative estimate of drug-likeness (QED) is 0.686. The Bertz CT molecular complexity index is 585. The number of carbonyl (C=O) groups is 1. The number of nitrogens with two attached hydrogens (primary N) is 1. The summed E-state index contributed by atoms with van der Waals surface area (Å²) in [7, 11) is -3.16. The van der Waals surface area contributed by atoms with E-state index in [0.717, 1.165) is 0 Å². The Morgan fingerprint density at radius 3 is 2.36 bits per heavy atom. The van der Waals surface area contributed by atoms with E-state index in [4.69, 9.17) is 10.5 Å². The molecule has 1 saturated carbocycles. The number of nitrogens with zero attached hydrogens (tertiary/aromatic N) is 1. The van der Waals surface area contributed by atoms with Crippen molar-refractivity contribution in [3.05, 3.63) is 0 Å². The van der Waals surface area contributed by atoms with Gasteiger partial charge < -0.3 is 15.8 Å². The van der Waals surface area contributed by atoms with Crippen molar-refractivity contribution in [2.45, 2.75) is 71.1 Å². The van der Waals surface area contributed by atoms with Gasteiger partial charge in [0.15, 0.2) is 0 Å². The maximum absolute atomic E-state index is 12.7. The van der Waals surface area contributed by atoms with Gasteiger partial charge in [0, 0.05) is 37.6 Å². The molecular weight excluding hydrogens is 342 g/mol. The molecule has 1 saturated heterocycles. The van der Waals surface area contributed by atoms with Crippen LogP contribution in [0.1, 0.15) is 53.4 Å². The van der Waals surface area contributed by atoms with E-state index in [9.17, 15) is 13.2 Å². The maximum Gasteiger partial charge on any atom is 0.241 e. The summed E-state index contributed by atoms with van der Waals surface area (Å²) < 4.78 is 31.4. The average Bonchev–Trinajstić information content (AvgIpc) is 2.54. The van der Waals surface area contributed by atoms with E-state index in [1.807, 2.05) is 27.7 Å². The van der Waals surface area contributed by atoms with E-state index in [2.05, 4.69) is 5.32 Å². The molecule has 0 aromatic rings. The highest BCUT2D eigenvalue weighted by Crippen LogP contribution is 2.49. The molecule has 25 heavy (non-hydrogen) atoms. The van der Waals surface area contributed by atoms with Gasteiger partial charge in [-0.05, 0) is 26.2 Å². The van der Waals surface area contributed by atoms with Crippen LogP contribution < -0.4 is 11.1 Å². The number of piperidine rings is 1. The van der Waals surface area contributed by atoms with Crippen LogP contribution in [-0.2, 0) is 19.6 Å². The zero-order chi connectivity index (χ0) is 18.9. The number of sulfonamides is 1. The highest BCUT2D eigenvalue weighted by Gasteiger charge is 2.63. The van der Waals surface area contributed by atoms with E-state index < -0.39 is 21.0 Å². The topological polar surface area (TPSA) is 102 Å². The third-order valence-corrected chi connectivity index (χ3v) is 7.96. The van der Waals surface area contributed by atoms with Crippen LogP contribution in [0.3, 0.4) is 0 Å². The summed E-state index contributed by atoms with van der Waals surface area (Å²) in [5, 5.41) is 3.04. The molecule has 0 aromatic carbocycles. The fraction of sp³-hybridized carbons (Fsp3) is 0.941. The van der Waals surface area contributed by atoms with E-state index in [1.54, 1.807) is 0 Å². The largest absolute Gasteiger partial charge is 0.378 e. The first kappa shape index (κ1) is 20.6. The maximum atomic E-state index is 12.7. The summed E-state index contributed by atoms with van der Waals surface area (Å²) >= 11 is 0. The van der Waals surface area contributed by atoms with Crippen molar-refractivity contribution in [2.75, 3.05) is 25.4 Å². The summed E-state index contributed by atoms with van der Waals surface area (Å²) in [5.41, 5.74) is 5.05. The second-order valence-electron chi connectivity index (χ2n) is 7.80. The van der Waals surface area contributed by atoms with Gasteiger partial charge in [0.05, 0.1) is 11.9 Å². The van der Waals surface area contributed by atoms with Crippen LogP contribution in [-0.4, -0.2) is 61.8 Å². The monoisotopic (exact) mass is 375 g/mol. The van der Waals surface area contributed by atoms with E-state index in [0.29, 0.717) is 45.4 Å². The van der Waals surface area contributed by atoms with Gasteiger partial charge in [0.1, 0.15) is 5.54 Å². The molecule has 0 spiro atoms. The van der Waals surface area contributed by atoms with Crippen molar-refractivity contribution >= 4 is 15.9 Å². The van der Waals surface area contributed by atoms with Crippen LogP contribution >= 0.6 is 0 Å². The molecule has 1 aliphatic heterocycles. The first-order valence-electron chi connectivity index (χ1n) is 9.27. The SMILES string of the molecule is CCCS(=O)(=O)N1CCC(NC(=O)C2(N)CC(OCC)C2(C)C)CC1. The Kier molecular flexibility index (Phi) is 6.18. The molecule has 0 radical (unpaired) electrons. The zero-order valence-corrected chi connectivity index (χ0v) is 16.7. The number of ether oxygens (including phenoxy) is 1. The molecule has 7 nitrogen and oxygen atoms in total. The third kappa shape index (κ3) is 3.86. The minimum Gasteiger partial charge on any atom is -0.378 e. The molecule has 1 amide bonds. The number of rotatable bonds is 7. The Labute approximate surface area is 151 Å². The van der Waals surface area contributed by atoms with Gasteiger partial charge in [-0.25, -0.2) is 12.7 Å². The van der Waals surface area contributed by atoms with Crippen molar-refractivity contribution in [1.82, 2.24) is 9.62 Å². The molecule has 146 valence electrons. The highest BCUT2D eigenvalue weighted by atomic mass is 32.2. The molecule has 1 heterocycles. The first-order chi connectivity index (χ1) is 11.6. The lowest BCUT2D eigenvalue weighted by Crippen LogP contribution is -2.76. The average molecular weight is 376 g/mol. The predicted molar refractivity (Wildman–Crippen MR) is 97.5 cm³/mol. The summed E-state index contributed by atoms with van der Waals surface area (Å²) in [5.74, 6) is 0.0338. The lowest BCUT2D eigenvalue weighted by atomic mass is 9.54. The molecule has 3 N–H and O–H groups in total. The lowest BCUT2D eigenvalue weighted by Gasteiger charge is -2.57. The molecule has 2 unspecified atom stereocenters. The lowest BCUT2D eigenvalue weighted by molar-refractivity contribution is -0.171. The van der Waals surface area contributed by atoms with Gasteiger partial charge in [-0.15, -0.1) is 0 Å². The Morgan fingerprint density at radius 2 is 1.88 bits per heavy atom. The van der Waals surface area contributed by atoms with E-state index in [1.165, 1.54) is 4.31 Å². The number of amides is 1. The normalized spacial score (nSPS) is 30.7. The van der Waals surface area contributed by atoms with Gasteiger partial charge in [0.25, 0.3) is 0 Å². The van der Waals surface area contributed by atoms with Crippen LogP contribution in [0.15, 0.2) is 0 Å². The molecule has 2 atom stereocenters. The van der Waals surface area contributed by atoms with Gasteiger partial charge in [-0.2, -0.15) is 0 Å². The van der Waals surface area contributed by atoms with E-state index in [-0.39, 0.29) is 23.8 Å². The Balaban J connectivity index is 1.89. The standard InChI is InChI=1S/C17H33N3O4S/c1-5-11-25(22,23)20-9-7-13(8-10-20)19-15(21)17(18)12-14(24-6-2)16(17,3)4/h13-14H,5-12,18H2,1-4H3,(H,19,21). The number of hydrogen-bond donors (Lipinski definition) is 2. The molecular formula is C17H33N3O4S. The molecule has 2 aliphatic rings. The number of carbonyl (C=O) groups excluding carboxylic acids is 1. The first-order valence-corrected chi connectivity index (χ1v) is 10.9. The second kappa shape index (κ2) is 7.50. The minimum absolute atomic E-state index is 0.00529. The highest BCUT2D eigenvalue weighted by molar-refractivity contribution is 7.89.